The molecule has 3 atom stereocenters. The number of Topliss-reactive ketones (excluding diaryl/α,β-unsaturated/α-hetero) is 1. The van der Waals surface area contributed by atoms with Gasteiger partial charge in [0.15, 0.2) is 12.4 Å². The molecule has 0 aromatic heterocycles. The summed E-state index contributed by atoms with van der Waals surface area (Å²) in [5.41, 5.74) is 1.99. The molecular formula is C23H30O3. The summed E-state index contributed by atoms with van der Waals surface area (Å²) in [6.45, 7) is -0.123. The Kier molecular flexibility index (Phi) is 5.42. The quantitative estimate of drug-likeness (QED) is 0.515. The number of carbonyl (C=O) groups is 2. The Bertz CT molecular complexity index is 642. The highest BCUT2D eigenvalue weighted by atomic mass is 16.5. The Labute approximate surface area is 156 Å². The molecule has 0 saturated heterocycles. The molecule has 4 rings (SSSR count). The second-order valence-electron chi connectivity index (χ2n) is 8.68. The van der Waals surface area contributed by atoms with Crippen LogP contribution in [0.4, 0.5) is 0 Å². The number of esters is 1. The minimum Gasteiger partial charge on any atom is -0.457 e. The van der Waals surface area contributed by atoms with E-state index in [1.165, 1.54) is 63.4 Å². The summed E-state index contributed by atoms with van der Waals surface area (Å²) >= 11 is 0. The summed E-state index contributed by atoms with van der Waals surface area (Å²) in [5.74, 6) is 2.40. The zero-order chi connectivity index (χ0) is 17.9. The number of ketones is 1. The van der Waals surface area contributed by atoms with E-state index in [4.69, 9.17) is 4.74 Å². The molecule has 0 amide bonds. The van der Waals surface area contributed by atoms with Crippen molar-refractivity contribution in [1.29, 1.82) is 0 Å². The lowest BCUT2D eigenvalue weighted by Crippen LogP contribution is -2.19. The van der Waals surface area contributed by atoms with E-state index in [1.54, 1.807) is 0 Å². The fourth-order valence-corrected chi connectivity index (χ4v) is 5.51. The molecule has 0 aliphatic heterocycles. The van der Waals surface area contributed by atoms with E-state index >= 15 is 0 Å². The molecule has 0 spiro atoms. The van der Waals surface area contributed by atoms with Crippen molar-refractivity contribution in [2.24, 2.45) is 17.8 Å². The molecule has 3 saturated carbocycles. The summed E-state index contributed by atoms with van der Waals surface area (Å²) in [6.07, 6.45) is 12.1. The fourth-order valence-electron chi connectivity index (χ4n) is 5.51. The molecule has 3 aliphatic carbocycles. The standard InChI is InChI=1S/C23H30O3/c24-22(15-26-23(25)14-21-13-16-6-7-20(21)12-16)19-10-8-18(9-11-19)17-4-2-1-3-5-17/h8-11,16-17,20-21H,1-7,12-15H2. The van der Waals surface area contributed by atoms with E-state index in [9.17, 15) is 9.59 Å². The third-order valence-electron chi connectivity index (χ3n) is 6.99. The third kappa shape index (κ3) is 4.02. The van der Waals surface area contributed by atoms with Crippen LogP contribution in [0, 0.1) is 17.8 Å². The molecule has 2 bridgehead atoms. The van der Waals surface area contributed by atoms with Crippen molar-refractivity contribution in [1.82, 2.24) is 0 Å². The van der Waals surface area contributed by atoms with Gasteiger partial charge in [0, 0.05) is 12.0 Å². The molecule has 3 nitrogen and oxygen atoms in total. The maximum atomic E-state index is 12.3. The smallest absolute Gasteiger partial charge is 0.306 e. The maximum absolute atomic E-state index is 12.3. The number of hydrogen-bond acceptors (Lipinski definition) is 3. The number of carbonyl (C=O) groups excluding carboxylic acids is 2. The first-order valence-electron chi connectivity index (χ1n) is 10.5. The average molecular weight is 354 g/mol. The normalized spacial score (nSPS) is 28.2. The molecule has 0 N–H and O–H groups in total. The summed E-state index contributed by atoms with van der Waals surface area (Å²) in [6, 6.07) is 7.96. The van der Waals surface area contributed by atoms with Gasteiger partial charge in [0.2, 0.25) is 0 Å². The van der Waals surface area contributed by atoms with Crippen LogP contribution in [-0.2, 0) is 9.53 Å². The Hall–Kier alpha value is -1.64. The molecule has 3 fully saturated rings. The van der Waals surface area contributed by atoms with Crippen molar-refractivity contribution in [3.8, 4) is 0 Å². The number of ether oxygens (including phenoxy) is 1. The Morgan fingerprint density at radius 3 is 2.35 bits per heavy atom. The zero-order valence-electron chi connectivity index (χ0n) is 15.6. The van der Waals surface area contributed by atoms with Crippen LogP contribution in [0.25, 0.3) is 0 Å². The number of rotatable bonds is 6. The van der Waals surface area contributed by atoms with Crippen LogP contribution < -0.4 is 0 Å². The summed E-state index contributed by atoms with van der Waals surface area (Å²) < 4.78 is 5.29. The zero-order valence-corrected chi connectivity index (χ0v) is 15.6. The molecule has 3 aliphatic rings. The predicted molar refractivity (Wildman–Crippen MR) is 101 cm³/mol. The van der Waals surface area contributed by atoms with E-state index in [0.29, 0.717) is 23.8 Å². The van der Waals surface area contributed by atoms with Gasteiger partial charge >= 0.3 is 5.97 Å². The molecular weight excluding hydrogens is 324 g/mol. The largest absolute Gasteiger partial charge is 0.457 e. The molecule has 1 aromatic carbocycles. The molecule has 0 radical (unpaired) electrons. The molecule has 3 unspecified atom stereocenters. The molecule has 0 heterocycles. The van der Waals surface area contributed by atoms with Gasteiger partial charge in [-0.15, -0.1) is 0 Å². The highest BCUT2D eigenvalue weighted by Gasteiger charge is 2.40. The van der Waals surface area contributed by atoms with Crippen molar-refractivity contribution in [3.05, 3.63) is 35.4 Å². The van der Waals surface area contributed by atoms with E-state index < -0.39 is 0 Å². The van der Waals surface area contributed by atoms with E-state index in [-0.39, 0.29) is 18.4 Å². The van der Waals surface area contributed by atoms with Gasteiger partial charge in [-0.25, -0.2) is 0 Å². The van der Waals surface area contributed by atoms with Gasteiger partial charge < -0.3 is 4.74 Å². The minimum atomic E-state index is -0.199. The SMILES string of the molecule is O=C(CC1CC2CCC1C2)OCC(=O)c1ccc(C2CCCCC2)cc1. The van der Waals surface area contributed by atoms with Crippen LogP contribution in [0.1, 0.15) is 86.0 Å². The summed E-state index contributed by atoms with van der Waals surface area (Å²) in [5, 5.41) is 0. The van der Waals surface area contributed by atoms with Crippen molar-refractivity contribution in [2.45, 2.75) is 70.1 Å². The van der Waals surface area contributed by atoms with Crippen LogP contribution in [0.15, 0.2) is 24.3 Å². The van der Waals surface area contributed by atoms with E-state index in [1.807, 2.05) is 12.1 Å². The van der Waals surface area contributed by atoms with Gasteiger partial charge in [0.25, 0.3) is 0 Å². The molecule has 3 heteroatoms. The highest BCUT2D eigenvalue weighted by molar-refractivity contribution is 5.97. The first-order chi connectivity index (χ1) is 12.7. The molecule has 1 aromatic rings. The summed E-state index contributed by atoms with van der Waals surface area (Å²) in [7, 11) is 0. The lowest BCUT2D eigenvalue weighted by Gasteiger charge is -2.22. The fraction of sp³-hybridized carbons (Fsp3) is 0.652. The average Bonchev–Trinajstić information content (AvgIpc) is 3.30. The highest BCUT2D eigenvalue weighted by Crippen LogP contribution is 2.49. The summed E-state index contributed by atoms with van der Waals surface area (Å²) in [4.78, 5) is 24.4. The van der Waals surface area contributed by atoms with Crippen LogP contribution >= 0.6 is 0 Å². The van der Waals surface area contributed by atoms with Gasteiger partial charge in [0.1, 0.15) is 0 Å². The minimum absolute atomic E-state index is 0.0958. The van der Waals surface area contributed by atoms with Crippen LogP contribution in [-0.4, -0.2) is 18.4 Å². The van der Waals surface area contributed by atoms with Crippen LogP contribution in [0.2, 0.25) is 0 Å². The number of benzene rings is 1. The lowest BCUT2D eigenvalue weighted by atomic mass is 9.84. The van der Waals surface area contributed by atoms with Crippen molar-refractivity contribution in [3.63, 3.8) is 0 Å². The van der Waals surface area contributed by atoms with Crippen molar-refractivity contribution >= 4 is 11.8 Å². The Morgan fingerprint density at radius 1 is 0.923 bits per heavy atom. The lowest BCUT2D eigenvalue weighted by molar-refractivity contribution is -0.144. The van der Waals surface area contributed by atoms with Crippen molar-refractivity contribution < 1.29 is 14.3 Å². The van der Waals surface area contributed by atoms with Gasteiger partial charge in [-0.2, -0.15) is 0 Å². The molecule has 26 heavy (non-hydrogen) atoms. The van der Waals surface area contributed by atoms with Gasteiger partial charge in [-0.3, -0.25) is 9.59 Å². The maximum Gasteiger partial charge on any atom is 0.306 e. The second-order valence-corrected chi connectivity index (χ2v) is 8.68. The predicted octanol–water partition coefficient (Wildman–Crippen LogP) is 5.29. The van der Waals surface area contributed by atoms with Crippen molar-refractivity contribution in [2.75, 3.05) is 6.61 Å². The first-order valence-corrected chi connectivity index (χ1v) is 10.5. The molecule has 140 valence electrons. The second kappa shape index (κ2) is 7.94. The van der Waals surface area contributed by atoms with Crippen LogP contribution in [0.5, 0.6) is 0 Å². The Balaban J connectivity index is 1.24. The first kappa shape index (κ1) is 17.8. The van der Waals surface area contributed by atoms with Gasteiger partial charge in [-0.1, -0.05) is 49.9 Å². The third-order valence-corrected chi connectivity index (χ3v) is 6.99. The van der Waals surface area contributed by atoms with E-state index in [0.717, 1.165) is 11.8 Å². The van der Waals surface area contributed by atoms with E-state index in [2.05, 4.69) is 12.1 Å². The monoisotopic (exact) mass is 354 g/mol. The van der Waals surface area contributed by atoms with Crippen LogP contribution in [0.3, 0.4) is 0 Å². The number of fused-ring (bicyclic) bond motifs is 2. The Morgan fingerprint density at radius 2 is 1.69 bits per heavy atom. The van der Waals surface area contributed by atoms with Gasteiger partial charge in [-0.05, 0) is 61.3 Å². The van der Waals surface area contributed by atoms with Gasteiger partial charge in [0.05, 0.1) is 0 Å². The number of hydrogen-bond donors (Lipinski definition) is 0. The topological polar surface area (TPSA) is 43.4 Å².